The minimum atomic E-state index is -0.329. The molecule has 0 aliphatic rings. The van der Waals surface area contributed by atoms with E-state index in [0.717, 1.165) is 12.0 Å². The van der Waals surface area contributed by atoms with Gasteiger partial charge in [0.05, 0.1) is 28.9 Å². The van der Waals surface area contributed by atoms with Gasteiger partial charge in [0.25, 0.3) is 0 Å². The van der Waals surface area contributed by atoms with Crippen molar-refractivity contribution in [3.8, 4) is 6.07 Å². The highest BCUT2D eigenvalue weighted by molar-refractivity contribution is 6.35. The molecule has 5 nitrogen and oxygen atoms in total. The zero-order valence-electron chi connectivity index (χ0n) is 15.5. The van der Waals surface area contributed by atoms with Crippen LogP contribution >= 0.6 is 23.2 Å². The third-order valence-electron chi connectivity index (χ3n) is 4.09. The summed E-state index contributed by atoms with van der Waals surface area (Å²) in [5.74, 6) is -0.428. The lowest BCUT2D eigenvalue weighted by Crippen LogP contribution is -2.38. The van der Waals surface area contributed by atoms with Gasteiger partial charge in [-0.15, -0.1) is 0 Å². The lowest BCUT2D eigenvalue weighted by Gasteiger charge is -2.22. The molecule has 0 bridgehead atoms. The van der Waals surface area contributed by atoms with Crippen molar-refractivity contribution in [2.75, 3.05) is 18.4 Å². The van der Waals surface area contributed by atoms with Crippen molar-refractivity contribution in [3.63, 3.8) is 0 Å². The number of hydrogen-bond acceptors (Lipinski definition) is 3. The average Bonchev–Trinajstić information content (AvgIpc) is 2.69. The van der Waals surface area contributed by atoms with Crippen LogP contribution < -0.4 is 5.32 Å². The van der Waals surface area contributed by atoms with E-state index in [9.17, 15) is 9.59 Å². The van der Waals surface area contributed by atoms with Gasteiger partial charge in [-0.2, -0.15) is 5.26 Å². The van der Waals surface area contributed by atoms with E-state index in [2.05, 4.69) is 11.4 Å². The Kier molecular flexibility index (Phi) is 8.31. The van der Waals surface area contributed by atoms with Crippen LogP contribution in [0.1, 0.15) is 30.9 Å². The molecule has 2 amide bonds. The number of nitriles is 1. The number of halogens is 2. The highest BCUT2D eigenvalue weighted by Gasteiger charge is 2.17. The van der Waals surface area contributed by atoms with Gasteiger partial charge >= 0.3 is 0 Å². The van der Waals surface area contributed by atoms with Crippen LogP contribution in [0.4, 0.5) is 5.69 Å². The lowest BCUT2D eigenvalue weighted by atomic mass is 10.1. The Bertz CT molecular complexity index is 876. The standard InChI is InChI=1S/C21H21Cl2N3O2/c1-2-11-26(14-20(27)25-19-12-17(22)8-9-18(19)23)21(28)10-7-15-3-5-16(13-24)6-4-15/h3-6,8-9,12H,2,7,10-11,14H2,1H3,(H,25,27). The van der Waals surface area contributed by atoms with Crippen molar-refractivity contribution >= 4 is 40.7 Å². The minimum Gasteiger partial charge on any atom is -0.333 e. The fourth-order valence-corrected chi connectivity index (χ4v) is 3.01. The number of aryl methyl sites for hydroxylation is 1. The first-order valence-corrected chi connectivity index (χ1v) is 9.70. The van der Waals surface area contributed by atoms with E-state index in [1.165, 1.54) is 4.90 Å². The molecule has 28 heavy (non-hydrogen) atoms. The SMILES string of the molecule is CCCN(CC(=O)Nc1cc(Cl)ccc1Cl)C(=O)CCc1ccc(C#N)cc1. The summed E-state index contributed by atoms with van der Waals surface area (Å²) in [4.78, 5) is 26.5. The van der Waals surface area contributed by atoms with Crippen molar-refractivity contribution in [1.29, 1.82) is 5.26 Å². The van der Waals surface area contributed by atoms with Crippen molar-refractivity contribution < 1.29 is 9.59 Å². The quantitative estimate of drug-likeness (QED) is 0.677. The number of rotatable bonds is 8. The number of hydrogen-bond donors (Lipinski definition) is 1. The first kappa shape index (κ1) is 21.7. The number of nitrogens with zero attached hydrogens (tertiary/aromatic N) is 2. The largest absolute Gasteiger partial charge is 0.333 e. The number of anilines is 1. The Morgan fingerprint density at radius 1 is 1.14 bits per heavy atom. The molecule has 0 aliphatic carbocycles. The van der Waals surface area contributed by atoms with Gasteiger partial charge in [-0.3, -0.25) is 9.59 Å². The molecular weight excluding hydrogens is 397 g/mol. The molecule has 0 unspecified atom stereocenters. The Hall–Kier alpha value is -2.55. The summed E-state index contributed by atoms with van der Waals surface area (Å²) in [6.45, 7) is 2.39. The summed E-state index contributed by atoms with van der Waals surface area (Å²) in [6, 6.07) is 14.0. The summed E-state index contributed by atoms with van der Waals surface area (Å²) >= 11 is 12.0. The molecule has 2 rings (SSSR count). The van der Waals surface area contributed by atoms with E-state index in [-0.39, 0.29) is 24.8 Å². The predicted octanol–water partition coefficient (Wildman–Crippen LogP) is 4.67. The summed E-state index contributed by atoms with van der Waals surface area (Å²) in [6.07, 6.45) is 1.58. The van der Waals surface area contributed by atoms with E-state index in [1.807, 2.05) is 19.1 Å². The van der Waals surface area contributed by atoms with Crippen LogP contribution in [-0.4, -0.2) is 29.8 Å². The molecule has 0 aromatic heterocycles. The molecule has 0 radical (unpaired) electrons. The van der Waals surface area contributed by atoms with Gasteiger partial charge in [-0.25, -0.2) is 0 Å². The van der Waals surface area contributed by atoms with Crippen LogP contribution in [0.25, 0.3) is 0 Å². The molecule has 2 aromatic carbocycles. The first-order valence-electron chi connectivity index (χ1n) is 8.94. The van der Waals surface area contributed by atoms with E-state index in [0.29, 0.717) is 34.3 Å². The fraction of sp³-hybridized carbons (Fsp3) is 0.286. The van der Waals surface area contributed by atoms with E-state index >= 15 is 0 Å². The molecular formula is C21H21Cl2N3O2. The first-order chi connectivity index (χ1) is 13.4. The Labute approximate surface area is 174 Å². The van der Waals surface area contributed by atoms with E-state index in [1.54, 1.807) is 30.3 Å². The second-order valence-electron chi connectivity index (χ2n) is 6.30. The van der Waals surface area contributed by atoms with E-state index in [4.69, 9.17) is 28.5 Å². The zero-order valence-corrected chi connectivity index (χ0v) is 17.1. The monoisotopic (exact) mass is 417 g/mol. The fourth-order valence-electron chi connectivity index (χ4n) is 2.67. The Morgan fingerprint density at radius 3 is 2.50 bits per heavy atom. The molecule has 0 saturated carbocycles. The van der Waals surface area contributed by atoms with Gasteiger partial charge in [-0.1, -0.05) is 42.3 Å². The second kappa shape index (κ2) is 10.7. The number of amides is 2. The maximum atomic E-state index is 12.6. The van der Waals surface area contributed by atoms with Crippen LogP contribution in [0, 0.1) is 11.3 Å². The van der Waals surface area contributed by atoms with Crippen molar-refractivity contribution in [1.82, 2.24) is 4.90 Å². The molecule has 0 atom stereocenters. The zero-order chi connectivity index (χ0) is 20.5. The van der Waals surface area contributed by atoms with Gasteiger partial charge in [0.15, 0.2) is 0 Å². The molecule has 0 heterocycles. The summed E-state index contributed by atoms with van der Waals surface area (Å²) < 4.78 is 0. The maximum Gasteiger partial charge on any atom is 0.244 e. The molecule has 0 aliphatic heterocycles. The predicted molar refractivity (Wildman–Crippen MR) is 111 cm³/mol. The molecule has 7 heteroatoms. The number of benzene rings is 2. The molecule has 0 saturated heterocycles. The van der Waals surface area contributed by atoms with Gasteiger partial charge in [-0.05, 0) is 48.7 Å². The van der Waals surface area contributed by atoms with Gasteiger partial charge in [0.2, 0.25) is 11.8 Å². The van der Waals surface area contributed by atoms with Crippen molar-refractivity contribution in [2.24, 2.45) is 0 Å². The third kappa shape index (κ3) is 6.56. The van der Waals surface area contributed by atoms with Crippen LogP contribution in [-0.2, 0) is 16.0 Å². The molecule has 0 spiro atoms. The third-order valence-corrected chi connectivity index (χ3v) is 4.66. The molecule has 146 valence electrons. The molecule has 2 aromatic rings. The van der Waals surface area contributed by atoms with Crippen LogP contribution in [0.5, 0.6) is 0 Å². The van der Waals surface area contributed by atoms with Crippen LogP contribution in [0.15, 0.2) is 42.5 Å². The smallest absolute Gasteiger partial charge is 0.244 e. The second-order valence-corrected chi connectivity index (χ2v) is 7.14. The van der Waals surface area contributed by atoms with Crippen molar-refractivity contribution in [3.05, 3.63) is 63.6 Å². The minimum absolute atomic E-state index is 0.0527. The van der Waals surface area contributed by atoms with Crippen molar-refractivity contribution in [2.45, 2.75) is 26.2 Å². The summed E-state index contributed by atoms with van der Waals surface area (Å²) in [7, 11) is 0. The normalized spacial score (nSPS) is 10.2. The summed E-state index contributed by atoms with van der Waals surface area (Å²) in [5, 5.41) is 12.4. The Morgan fingerprint density at radius 2 is 1.86 bits per heavy atom. The number of carbonyl (C=O) groups excluding carboxylic acids is 2. The van der Waals surface area contributed by atoms with Gasteiger partial charge in [0.1, 0.15) is 0 Å². The molecule has 1 N–H and O–H groups in total. The van der Waals surface area contributed by atoms with E-state index < -0.39 is 0 Å². The van der Waals surface area contributed by atoms with Gasteiger partial charge < -0.3 is 10.2 Å². The number of carbonyl (C=O) groups is 2. The highest BCUT2D eigenvalue weighted by atomic mass is 35.5. The maximum absolute atomic E-state index is 12.6. The number of nitrogens with one attached hydrogen (secondary N) is 1. The highest BCUT2D eigenvalue weighted by Crippen LogP contribution is 2.25. The van der Waals surface area contributed by atoms with Crippen LogP contribution in [0.2, 0.25) is 10.0 Å². The Balaban J connectivity index is 1.94. The van der Waals surface area contributed by atoms with Crippen LogP contribution in [0.3, 0.4) is 0 Å². The molecule has 0 fully saturated rings. The van der Waals surface area contributed by atoms with Gasteiger partial charge in [0, 0.05) is 18.0 Å². The topological polar surface area (TPSA) is 73.2 Å². The lowest BCUT2D eigenvalue weighted by molar-refractivity contribution is -0.134. The average molecular weight is 418 g/mol. The summed E-state index contributed by atoms with van der Waals surface area (Å²) in [5.41, 5.74) is 1.97.